The Morgan fingerprint density at radius 2 is 0.974 bits per heavy atom. The average Bonchev–Trinajstić information content (AvgIpc) is 3.00. The summed E-state index contributed by atoms with van der Waals surface area (Å²) >= 11 is 0. The number of ketones is 1. The van der Waals surface area contributed by atoms with Crippen LogP contribution in [0.15, 0.2) is 121 Å². The Kier molecular flexibility index (Phi) is 5.14. The molecular weight excluding hydrogens is 472 g/mol. The van der Waals surface area contributed by atoms with Gasteiger partial charge in [0.15, 0.2) is 0 Å². The van der Waals surface area contributed by atoms with Crippen molar-refractivity contribution in [2.24, 2.45) is 23.7 Å². The number of fused-ring (bicyclic) bond motifs is 2. The highest BCUT2D eigenvalue weighted by molar-refractivity contribution is 6.18. The first-order valence-electron chi connectivity index (χ1n) is 14.8. The van der Waals surface area contributed by atoms with E-state index < -0.39 is 5.41 Å². The molecule has 5 aliphatic carbocycles. The van der Waals surface area contributed by atoms with Gasteiger partial charge in [-0.1, -0.05) is 134 Å². The van der Waals surface area contributed by atoms with Gasteiger partial charge in [0.25, 0.3) is 0 Å². The maximum absolute atomic E-state index is 15.1. The van der Waals surface area contributed by atoms with E-state index in [0.717, 1.165) is 0 Å². The second-order valence-corrected chi connectivity index (χ2v) is 12.3. The topological polar surface area (TPSA) is 17.1 Å². The van der Waals surface area contributed by atoms with Gasteiger partial charge in [-0.2, -0.15) is 0 Å². The minimum absolute atomic E-state index is 0.315. The van der Waals surface area contributed by atoms with E-state index in [0.29, 0.717) is 35.9 Å². The van der Waals surface area contributed by atoms with Gasteiger partial charge in [0.1, 0.15) is 5.78 Å². The van der Waals surface area contributed by atoms with Gasteiger partial charge in [-0.15, -0.1) is 0 Å². The molecule has 1 heteroatoms. The summed E-state index contributed by atoms with van der Waals surface area (Å²) in [6, 6.07) is 43.9. The van der Waals surface area contributed by atoms with Crippen molar-refractivity contribution in [1.29, 1.82) is 0 Å². The first kappa shape index (κ1) is 23.2. The smallest absolute Gasteiger partial charge is 0.149 e. The summed E-state index contributed by atoms with van der Waals surface area (Å²) in [7, 11) is 0. The van der Waals surface area contributed by atoms with Crippen molar-refractivity contribution in [2.75, 3.05) is 0 Å². The Labute approximate surface area is 231 Å². The number of rotatable bonds is 4. The highest BCUT2D eigenvalue weighted by atomic mass is 16.1. The molecule has 0 radical (unpaired) electrons. The van der Waals surface area contributed by atoms with Gasteiger partial charge in [-0.3, -0.25) is 4.79 Å². The van der Waals surface area contributed by atoms with Gasteiger partial charge in [-0.25, -0.2) is 0 Å². The van der Waals surface area contributed by atoms with Gasteiger partial charge >= 0.3 is 0 Å². The lowest BCUT2D eigenvalue weighted by molar-refractivity contribution is -0.164. The molecular formula is C38H34O. The fraction of sp³-hybridized carbons (Fsp3) is 0.289. The quantitative estimate of drug-likeness (QED) is 0.271. The first-order valence-corrected chi connectivity index (χ1v) is 14.8. The van der Waals surface area contributed by atoms with Crippen LogP contribution in [0, 0.1) is 23.7 Å². The van der Waals surface area contributed by atoms with Crippen LogP contribution in [-0.2, 0) is 15.6 Å². The summed E-state index contributed by atoms with van der Waals surface area (Å²) in [5.74, 6) is 2.49. The van der Waals surface area contributed by atoms with E-state index in [4.69, 9.17) is 0 Å². The molecule has 0 N–H and O–H groups in total. The molecule has 6 unspecified atom stereocenters. The number of hydrogen-bond donors (Lipinski definition) is 0. The van der Waals surface area contributed by atoms with Gasteiger partial charge in [0.05, 0.1) is 5.41 Å². The Balaban J connectivity index is 1.57. The molecule has 0 aromatic heterocycles. The Bertz CT molecular complexity index is 1550. The molecule has 9 rings (SSSR count). The summed E-state index contributed by atoms with van der Waals surface area (Å²) in [6.07, 6.45) is 5.73. The van der Waals surface area contributed by atoms with Crippen LogP contribution < -0.4 is 0 Å². The van der Waals surface area contributed by atoms with E-state index in [1.807, 2.05) is 0 Å². The monoisotopic (exact) mass is 506 g/mol. The van der Waals surface area contributed by atoms with E-state index in [-0.39, 0.29) is 5.41 Å². The van der Waals surface area contributed by atoms with E-state index >= 15 is 4.79 Å². The Morgan fingerprint density at radius 3 is 1.54 bits per heavy atom. The lowest BCUT2D eigenvalue weighted by atomic mass is 9.28. The summed E-state index contributed by atoms with van der Waals surface area (Å²) in [5, 5.41) is 0. The zero-order chi connectivity index (χ0) is 26.0. The molecule has 39 heavy (non-hydrogen) atoms. The number of hydrogen-bond acceptors (Lipinski definition) is 1. The third kappa shape index (κ3) is 2.94. The molecule has 0 amide bonds. The molecule has 0 aliphatic heterocycles. The van der Waals surface area contributed by atoms with Gasteiger partial charge in [0, 0.05) is 11.8 Å². The molecule has 1 nitrogen and oxygen atoms in total. The van der Waals surface area contributed by atoms with Crippen LogP contribution in [0.2, 0.25) is 0 Å². The normalized spacial score (nSPS) is 32.8. The molecule has 192 valence electrons. The summed E-state index contributed by atoms with van der Waals surface area (Å²) < 4.78 is 0. The fourth-order valence-electron chi connectivity index (χ4n) is 9.76. The van der Waals surface area contributed by atoms with E-state index in [1.165, 1.54) is 59.1 Å². The third-order valence-electron chi connectivity index (χ3n) is 10.9. The summed E-state index contributed by atoms with van der Waals surface area (Å²) in [4.78, 5) is 15.1. The highest BCUT2D eigenvalue weighted by Gasteiger charge is 2.76. The maximum atomic E-state index is 15.1. The largest absolute Gasteiger partial charge is 0.298 e. The molecule has 5 aliphatic rings. The number of benzene rings is 4. The zero-order valence-corrected chi connectivity index (χ0v) is 22.3. The molecule has 0 heterocycles. The van der Waals surface area contributed by atoms with Crippen molar-refractivity contribution in [2.45, 2.75) is 42.9 Å². The van der Waals surface area contributed by atoms with Crippen molar-refractivity contribution in [3.63, 3.8) is 0 Å². The molecule has 6 atom stereocenters. The molecule has 2 bridgehead atoms. The van der Waals surface area contributed by atoms with Gasteiger partial charge in [-0.05, 0) is 69.9 Å². The minimum atomic E-state index is -0.618. The van der Waals surface area contributed by atoms with Crippen molar-refractivity contribution < 1.29 is 4.79 Å². The van der Waals surface area contributed by atoms with Crippen LogP contribution in [-0.4, -0.2) is 5.78 Å². The molecule has 4 aromatic carbocycles. The van der Waals surface area contributed by atoms with E-state index in [9.17, 15) is 0 Å². The van der Waals surface area contributed by atoms with Crippen LogP contribution >= 0.6 is 0 Å². The number of Topliss-reactive ketones (excluding diaryl/α,β-unsaturated/α-hetero) is 1. The second kappa shape index (κ2) is 8.65. The summed E-state index contributed by atoms with van der Waals surface area (Å²) in [5.41, 5.74) is 6.73. The molecule has 0 saturated heterocycles. The van der Waals surface area contributed by atoms with Crippen LogP contribution in [0.3, 0.4) is 0 Å². The van der Waals surface area contributed by atoms with Crippen molar-refractivity contribution in [1.82, 2.24) is 0 Å². The maximum Gasteiger partial charge on any atom is 0.149 e. The van der Waals surface area contributed by atoms with Crippen molar-refractivity contribution >= 4 is 16.9 Å². The fourth-order valence-corrected chi connectivity index (χ4v) is 9.76. The second-order valence-electron chi connectivity index (χ2n) is 12.3. The van der Waals surface area contributed by atoms with Gasteiger partial charge in [0.2, 0.25) is 0 Å². The van der Waals surface area contributed by atoms with Gasteiger partial charge < -0.3 is 0 Å². The predicted octanol–water partition coefficient (Wildman–Crippen LogP) is 8.51. The molecule has 3 saturated carbocycles. The predicted molar refractivity (Wildman–Crippen MR) is 158 cm³/mol. The van der Waals surface area contributed by atoms with Crippen molar-refractivity contribution in [3.05, 3.63) is 144 Å². The van der Waals surface area contributed by atoms with Crippen LogP contribution in [0.5, 0.6) is 0 Å². The summed E-state index contributed by atoms with van der Waals surface area (Å²) in [6.45, 7) is 0. The Morgan fingerprint density at radius 1 is 0.513 bits per heavy atom. The Hall–Kier alpha value is -3.71. The standard InChI is InChI=1S/C38H34O/c39-32-25-37(28-19-9-3-10-20-28)33(26-15-5-1-6-16-26)34(27-17-7-2-8-18-27)38(32,29-21-11-4-12-22-29)36-31-24-14-13-23-30(31)35(36)37/h1-12,15-22,30-31,35-36H,13-14,23-25H2. The number of carbonyl (C=O) groups is 1. The van der Waals surface area contributed by atoms with E-state index in [2.05, 4.69) is 121 Å². The highest BCUT2D eigenvalue weighted by Crippen LogP contribution is 2.78. The lowest BCUT2D eigenvalue weighted by Crippen LogP contribution is -2.73. The molecule has 0 spiro atoms. The first-order chi connectivity index (χ1) is 19.3. The lowest BCUT2D eigenvalue weighted by Gasteiger charge is -2.74. The number of carbonyl (C=O) groups excluding carboxylic acids is 1. The SMILES string of the molecule is O=C1CC2(c3ccccc3)C(c3ccccc3)=C(c3ccccc3)C1(c1ccccc1)C1C3CCCCC3C12. The number of allylic oxidation sites excluding steroid dienone is 2. The zero-order valence-electron chi connectivity index (χ0n) is 22.3. The van der Waals surface area contributed by atoms with Crippen LogP contribution in [0.1, 0.15) is 54.4 Å². The minimum Gasteiger partial charge on any atom is -0.298 e. The van der Waals surface area contributed by atoms with Crippen LogP contribution in [0.4, 0.5) is 0 Å². The van der Waals surface area contributed by atoms with Crippen molar-refractivity contribution in [3.8, 4) is 0 Å². The third-order valence-corrected chi connectivity index (χ3v) is 10.9. The average molecular weight is 507 g/mol. The van der Waals surface area contributed by atoms with E-state index in [1.54, 1.807) is 0 Å². The molecule has 3 fully saturated rings. The molecule has 4 aromatic rings. The van der Waals surface area contributed by atoms with Crippen LogP contribution in [0.25, 0.3) is 11.1 Å².